The number of nitrogens with one attached hydrogen (secondary N) is 1. The zero-order valence-corrected chi connectivity index (χ0v) is 13.5. The number of benzene rings is 1. The molecule has 0 unspecified atom stereocenters. The highest BCUT2D eigenvalue weighted by Crippen LogP contribution is 2.28. The minimum Gasteiger partial charge on any atom is -0.326 e. The molecular formula is C16H22ClNOS. The molecule has 1 saturated carbocycles. The van der Waals surface area contributed by atoms with Crippen LogP contribution in [0.2, 0.25) is 5.02 Å². The van der Waals surface area contributed by atoms with Gasteiger partial charge in [0.15, 0.2) is 0 Å². The van der Waals surface area contributed by atoms with Crippen LogP contribution in [0, 0.1) is 6.92 Å². The smallest absolute Gasteiger partial charge is 0.225 e. The molecule has 1 aromatic carbocycles. The lowest BCUT2D eigenvalue weighted by atomic mass is 10.0. The second-order valence-corrected chi connectivity index (χ2v) is 7.16. The molecule has 4 heteroatoms. The standard InChI is InChI=1S/C16H22ClNOS/c1-12-14(17)8-5-9-15(12)18-16(19)10-11-20-13-6-3-2-4-7-13/h5,8-9,13H,2-4,6-7,10-11H2,1H3,(H,18,19). The molecule has 0 aromatic heterocycles. The first-order chi connectivity index (χ1) is 9.66. The summed E-state index contributed by atoms with van der Waals surface area (Å²) < 4.78 is 0. The van der Waals surface area contributed by atoms with Gasteiger partial charge in [0.25, 0.3) is 0 Å². The van der Waals surface area contributed by atoms with Crippen molar-refractivity contribution in [2.24, 2.45) is 0 Å². The van der Waals surface area contributed by atoms with Crippen LogP contribution in [0.4, 0.5) is 5.69 Å². The topological polar surface area (TPSA) is 29.1 Å². The molecule has 0 saturated heterocycles. The third-order valence-corrected chi connectivity index (χ3v) is 5.57. The van der Waals surface area contributed by atoms with Crippen LogP contribution in [-0.4, -0.2) is 16.9 Å². The largest absolute Gasteiger partial charge is 0.326 e. The number of hydrogen-bond donors (Lipinski definition) is 1. The zero-order valence-electron chi connectivity index (χ0n) is 12.0. The van der Waals surface area contributed by atoms with E-state index in [2.05, 4.69) is 5.32 Å². The summed E-state index contributed by atoms with van der Waals surface area (Å²) >= 11 is 8.00. The highest BCUT2D eigenvalue weighted by atomic mass is 35.5. The number of hydrogen-bond acceptors (Lipinski definition) is 2. The van der Waals surface area contributed by atoms with Crippen molar-refractivity contribution in [2.75, 3.05) is 11.1 Å². The van der Waals surface area contributed by atoms with Gasteiger partial charge >= 0.3 is 0 Å². The van der Waals surface area contributed by atoms with Crippen molar-refractivity contribution in [3.05, 3.63) is 28.8 Å². The summed E-state index contributed by atoms with van der Waals surface area (Å²) in [5.74, 6) is 0.995. The van der Waals surface area contributed by atoms with E-state index in [1.807, 2.05) is 36.9 Å². The van der Waals surface area contributed by atoms with Gasteiger partial charge < -0.3 is 5.32 Å². The van der Waals surface area contributed by atoms with Gasteiger partial charge in [-0.15, -0.1) is 0 Å². The summed E-state index contributed by atoms with van der Waals surface area (Å²) in [5.41, 5.74) is 1.76. The van der Waals surface area contributed by atoms with Gasteiger partial charge in [-0.3, -0.25) is 4.79 Å². The molecule has 1 N–H and O–H groups in total. The van der Waals surface area contributed by atoms with E-state index in [0.29, 0.717) is 11.4 Å². The van der Waals surface area contributed by atoms with Crippen molar-refractivity contribution in [1.82, 2.24) is 0 Å². The Morgan fingerprint density at radius 1 is 1.35 bits per heavy atom. The van der Waals surface area contributed by atoms with Crippen LogP contribution in [0.3, 0.4) is 0 Å². The molecule has 1 aromatic rings. The Hall–Kier alpha value is -0.670. The summed E-state index contributed by atoms with van der Waals surface area (Å²) in [7, 11) is 0. The fraction of sp³-hybridized carbons (Fsp3) is 0.562. The first-order valence-corrected chi connectivity index (χ1v) is 8.76. The van der Waals surface area contributed by atoms with E-state index in [4.69, 9.17) is 11.6 Å². The highest BCUT2D eigenvalue weighted by molar-refractivity contribution is 7.99. The molecule has 2 nitrogen and oxygen atoms in total. The van der Waals surface area contributed by atoms with Crippen molar-refractivity contribution < 1.29 is 4.79 Å². The van der Waals surface area contributed by atoms with E-state index >= 15 is 0 Å². The molecule has 1 aliphatic carbocycles. The lowest BCUT2D eigenvalue weighted by molar-refractivity contribution is -0.115. The normalized spacial score (nSPS) is 16.1. The molecule has 2 rings (SSSR count). The third kappa shape index (κ3) is 4.71. The molecule has 0 atom stereocenters. The van der Waals surface area contributed by atoms with Crippen molar-refractivity contribution >= 4 is 35.0 Å². The molecular weight excluding hydrogens is 290 g/mol. The lowest BCUT2D eigenvalue weighted by Gasteiger charge is -2.20. The predicted octanol–water partition coefficient (Wildman–Crippen LogP) is 5.04. The highest BCUT2D eigenvalue weighted by Gasteiger charge is 2.14. The van der Waals surface area contributed by atoms with Crippen LogP contribution in [-0.2, 0) is 4.79 Å². The Morgan fingerprint density at radius 3 is 2.85 bits per heavy atom. The van der Waals surface area contributed by atoms with Gasteiger partial charge in [-0.2, -0.15) is 11.8 Å². The Bertz CT molecular complexity index is 458. The van der Waals surface area contributed by atoms with Gasteiger partial charge in [-0.1, -0.05) is 36.9 Å². The molecule has 1 fully saturated rings. The predicted molar refractivity (Wildman–Crippen MR) is 88.8 cm³/mol. The molecule has 1 aliphatic rings. The van der Waals surface area contributed by atoms with Crippen LogP contribution in [0.1, 0.15) is 44.1 Å². The van der Waals surface area contributed by atoms with Crippen molar-refractivity contribution in [1.29, 1.82) is 0 Å². The fourth-order valence-corrected chi connectivity index (χ4v) is 3.98. The number of thioether (sulfide) groups is 1. The van der Waals surface area contributed by atoms with Gasteiger partial charge in [0.05, 0.1) is 0 Å². The summed E-state index contributed by atoms with van der Waals surface area (Å²) in [6.45, 7) is 1.93. The number of rotatable bonds is 5. The van der Waals surface area contributed by atoms with Gasteiger partial charge in [0.1, 0.15) is 0 Å². The first kappa shape index (κ1) is 15.7. The van der Waals surface area contributed by atoms with Gasteiger partial charge in [0, 0.05) is 28.1 Å². The SMILES string of the molecule is Cc1c(Cl)cccc1NC(=O)CCSC1CCCCC1. The minimum absolute atomic E-state index is 0.0821. The Labute approximate surface area is 130 Å². The Balaban J connectivity index is 1.73. The molecule has 0 bridgehead atoms. The number of carbonyl (C=O) groups is 1. The second-order valence-electron chi connectivity index (χ2n) is 5.34. The fourth-order valence-electron chi connectivity index (χ4n) is 2.51. The summed E-state index contributed by atoms with van der Waals surface area (Å²) in [6, 6.07) is 5.60. The molecule has 0 heterocycles. The van der Waals surface area contributed by atoms with Gasteiger partial charge in [0.2, 0.25) is 5.91 Å². The number of carbonyl (C=O) groups excluding carboxylic acids is 1. The van der Waals surface area contributed by atoms with Gasteiger partial charge in [-0.05, 0) is 37.5 Å². The average molecular weight is 312 g/mol. The molecule has 0 spiro atoms. The zero-order chi connectivity index (χ0) is 14.4. The first-order valence-electron chi connectivity index (χ1n) is 7.33. The Kier molecular flexibility index (Phi) is 6.24. The number of anilines is 1. The summed E-state index contributed by atoms with van der Waals surface area (Å²) in [4.78, 5) is 12.0. The van der Waals surface area contributed by atoms with Gasteiger partial charge in [-0.25, -0.2) is 0 Å². The maximum Gasteiger partial charge on any atom is 0.225 e. The summed E-state index contributed by atoms with van der Waals surface area (Å²) in [6.07, 6.45) is 7.30. The average Bonchev–Trinajstić information content (AvgIpc) is 2.45. The molecule has 110 valence electrons. The lowest BCUT2D eigenvalue weighted by Crippen LogP contribution is -2.15. The maximum atomic E-state index is 12.0. The third-order valence-electron chi connectivity index (χ3n) is 3.78. The molecule has 0 radical (unpaired) electrons. The van der Waals surface area contributed by atoms with E-state index in [-0.39, 0.29) is 5.91 Å². The van der Waals surface area contributed by atoms with E-state index < -0.39 is 0 Å². The monoisotopic (exact) mass is 311 g/mol. The molecule has 1 amide bonds. The van der Waals surface area contributed by atoms with E-state index in [9.17, 15) is 4.79 Å². The van der Waals surface area contributed by atoms with Crippen LogP contribution in [0.5, 0.6) is 0 Å². The van der Waals surface area contributed by atoms with Crippen LogP contribution >= 0.6 is 23.4 Å². The van der Waals surface area contributed by atoms with Crippen LogP contribution < -0.4 is 5.32 Å². The quantitative estimate of drug-likeness (QED) is 0.825. The summed E-state index contributed by atoms with van der Waals surface area (Å²) in [5, 5.41) is 4.41. The number of amides is 1. The maximum absolute atomic E-state index is 12.0. The molecule has 20 heavy (non-hydrogen) atoms. The Morgan fingerprint density at radius 2 is 2.10 bits per heavy atom. The van der Waals surface area contributed by atoms with E-state index in [1.165, 1.54) is 32.1 Å². The second kappa shape index (κ2) is 7.94. The molecule has 0 aliphatic heterocycles. The van der Waals surface area contributed by atoms with Crippen LogP contribution in [0.25, 0.3) is 0 Å². The van der Waals surface area contributed by atoms with Crippen molar-refractivity contribution in [2.45, 2.75) is 50.7 Å². The van der Waals surface area contributed by atoms with E-state index in [0.717, 1.165) is 22.3 Å². The minimum atomic E-state index is 0.0821. The van der Waals surface area contributed by atoms with E-state index in [1.54, 1.807) is 0 Å². The number of halogens is 1. The van der Waals surface area contributed by atoms with Crippen LogP contribution in [0.15, 0.2) is 18.2 Å². The van der Waals surface area contributed by atoms with Crippen molar-refractivity contribution in [3.63, 3.8) is 0 Å². The van der Waals surface area contributed by atoms with Crippen molar-refractivity contribution in [3.8, 4) is 0 Å².